The van der Waals surface area contributed by atoms with Crippen molar-refractivity contribution >= 4 is 11.9 Å². The van der Waals surface area contributed by atoms with E-state index >= 15 is 0 Å². The molecule has 0 rings (SSSR count). The Hall–Kier alpha value is -1.32. The van der Waals surface area contributed by atoms with E-state index < -0.39 is 5.97 Å². The van der Waals surface area contributed by atoms with Crippen LogP contribution in [0.4, 0.5) is 0 Å². The predicted octanol–water partition coefficient (Wildman–Crippen LogP) is 15.4. The normalized spacial score (nSPS) is 11.5. The maximum atomic E-state index is 12.0. The number of hydrogen-bond acceptors (Lipinski definition) is 3. The SMILES string of the molecule is CCCCCCCCC=CCCCCCCCC(=O)OCCCCCCCCCCCCCCCCCCCCCCCCCCC(=O)O. The summed E-state index contributed by atoms with van der Waals surface area (Å²) in [6.07, 6.45) is 54.0. The number of allylic oxidation sites excluding steroid dienone is 2. The molecular weight excluding hydrogens is 604 g/mol. The van der Waals surface area contributed by atoms with Crippen molar-refractivity contribution in [2.45, 2.75) is 257 Å². The molecule has 0 aliphatic rings. The number of esters is 1. The molecule has 0 fully saturated rings. The second-order valence-electron chi connectivity index (χ2n) is 15.2. The molecule has 0 unspecified atom stereocenters. The minimum absolute atomic E-state index is 0.0100. The summed E-state index contributed by atoms with van der Waals surface area (Å²) >= 11 is 0. The van der Waals surface area contributed by atoms with E-state index in [4.69, 9.17) is 9.84 Å². The van der Waals surface area contributed by atoms with Gasteiger partial charge >= 0.3 is 11.9 Å². The van der Waals surface area contributed by atoms with Crippen LogP contribution >= 0.6 is 0 Å². The molecule has 0 aromatic heterocycles. The fourth-order valence-electron chi connectivity index (χ4n) is 6.87. The summed E-state index contributed by atoms with van der Waals surface area (Å²) in [5.74, 6) is -0.646. The lowest BCUT2D eigenvalue weighted by Crippen LogP contribution is -2.05. The number of carbonyl (C=O) groups is 2. The molecule has 0 atom stereocenters. The molecule has 290 valence electrons. The third kappa shape index (κ3) is 44.7. The van der Waals surface area contributed by atoms with Crippen LogP contribution < -0.4 is 0 Å². The van der Waals surface area contributed by atoms with Crippen LogP contribution in [0.15, 0.2) is 12.2 Å². The second-order valence-corrected chi connectivity index (χ2v) is 15.2. The molecule has 0 saturated heterocycles. The van der Waals surface area contributed by atoms with Crippen molar-refractivity contribution in [3.05, 3.63) is 12.2 Å². The molecule has 0 saturated carbocycles. The smallest absolute Gasteiger partial charge is 0.305 e. The highest BCUT2D eigenvalue weighted by molar-refractivity contribution is 5.69. The molecule has 49 heavy (non-hydrogen) atoms. The van der Waals surface area contributed by atoms with Crippen molar-refractivity contribution in [1.29, 1.82) is 0 Å². The molecule has 0 aromatic carbocycles. The molecule has 0 bridgehead atoms. The van der Waals surface area contributed by atoms with E-state index in [1.165, 1.54) is 205 Å². The molecule has 0 aliphatic carbocycles. The van der Waals surface area contributed by atoms with Gasteiger partial charge in [0.05, 0.1) is 6.61 Å². The summed E-state index contributed by atoms with van der Waals surface area (Å²) in [5.41, 5.74) is 0. The Bertz CT molecular complexity index is 688. The molecular formula is C45H86O4. The molecule has 4 nitrogen and oxygen atoms in total. The number of carboxylic acid groups (broad SMARTS) is 1. The maximum Gasteiger partial charge on any atom is 0.305 e. The van der Waals surface area contributed by atoms with E-state index in [0.717, 1.165) is 32.1 Å². The number of carbonyl (C=O) groups excluding carboxylic acids is 1. The maximum absolute atomic E-state index is 12.0. The zero-order chi connectivity index (χ0) is 35.6. The Morgan fingerprint density at radius 1 is 0.388 bits per heavy atom. The lowest BCUT2D eigenvalue weighted by molar-refractivity contribution is -0.144. The Kier molecular flexibility index (Phi) is 41.7. The molecule has 0 aromatic rings. The van der Waals surface area contributed by atoms with Crippen LogP contribution in [0.3, 0.4) is 0 Å². The van der Waals surface area contributed by atoms with Gasteiger partial charge in [-0.15, -0.1) is 0 Å². The van der Waals surface area contributed by atoms with E-state index in [9.17, 15) is 9.59 Å². The quantitative estimate of drug-likeness (QED) is 0.0393. The molecule has 0 amide bonds. The fourth-order valence-corrected chi connectivity index (χ4v) is 6.87. The van der Waals surface area contributed by atoms with Gasteiger partial charge in [-0.25, -0.2) is 0 Å². The molecule has 0 aliphatic heterocycles. The third-order valence-electron chi connectivity index (χ3n) is 10.2. The van der Waals surface area contributed by atoms with E-state index in [-0.39, 0.29) is 5.97 Å². The Balaban J connectivity index is 3.16. The number of rotatable bonds is 42. The summed E-state index contributed by atoms with van der Waals surface area (Å²) in [7, 11) is 0. The average molecular weight is 691 g/mol. The highest BCUT2D eigenvalue weighted by Crippen LogP contribution is 2.16. The van der Waals surface area contributed by atoms with Gasteiger partial charge in [0, 0.05) is 12.8 Å². The van der Waals surface area contributed by atoms with Gasteiger partial charge in [0.1, 0.15) is 0 Å². The standard InChI is InChI=1S/C45H86O4/c1-2-3-4-5-6-7-8-9-20-24-27-30-33-36-39-42-45(48)49-43-40-37-34-31-28-25-22-19-17-15-13-11-10-12-14-16-18-21-23-26-29-32-35-38-41-44(46)47/h9,20H,2-8,10-19,21-43H2,1H3,(H,46,47). The van der Waals surface area contributed by atoms with Crippen LogP contribution in [-0.4, -0.2) is 23.7 Å². The van der Waals surface area contributed by atoms with Crippen LogP contribution in [0.5, 0.6) is 0 Å². The highest BCUT2D eigenvalue weighted by Gasteiger charge is 2.03. The number of ether oxygens (including phenoxy) is 1. The summed E-state index contributed by atoms with van der Waals surface area (Å²) in [4.78, 5) is 22.5. The minimum Gasteiger partial charge on any atom is -0.481 e. The first kappa shape index (κ1) is 47.7. The average Bonchev–Trinajstić information content (AvgIpc) is 3.09. The van der Waals surface area contributed by atoms with E-state index in [2.05, 4.69) is 19.1 Å². The summed E-state index contributed by atoms with van der Waals surface area (Å²) in [5, 5.41) is 8.65. The Morgan fingerprint density at radius 3 is 1.02 bits per heavy atom. The van der Waals surface area contributed by atoms with Gasteiger partial charge in [-0.05, 0) is 44.9 Å². The number of aliphatic carboxylic acids is 1. The monoisotopic (exact) mass is 691 g/mol. The van der Waals surface area contributed by atoms with Crippen molar-refractivity contribution in [2.75, 3.05) is 6.61 Å². The lowest BCUT2D eigenvalue weighted by Gasteiger charge is -2.06. The predicted molar refractivity (Wildman–Crippen MR) is 213 cm³/mol. The van der Waals surface area contributed by atoms with Crippen LogP contribution in [0.25, 0.3) is 0 Å². The van der Waals surface area contributed by atoms with Crippen LogP contribution in [0.2, 0.25) is 0 Å². The van der Waals surface area contributed by atoms with Gasteiger partial charge in [-0.1, -0.05) is 212 Å². The largest absolute Gasteiger partial charge is 0.481 e. The molecule has 0 radical (unpaired) electrons. The molecule has 0 spiro atoms. The van der Waals surface area contributed by atoms with E-state index in [1.807, 2.05) is 0 Å². The topological polar surface area (TPSA) is 63.6 Å². The van der Waals surface area contributed by atoms with Crippen molar-refractivity contribution in [3.63, 3.8) is 0 Å². The first-order chi connectivity index (χ1) is 24.2. The summed E-state index contributed by atoms with van der Waals surface area (Å²) in [6, 6.07) is 0. The highest BCUT2D eigenvalue weighted by atomic mass is 16.5. The van der Waals surface area contributed by atoms with Crippen LogP contribution in [0, 0.1) is 0 Å². The Morgan fingerprint density at radius 2 is 0.673 bits per heavy atom. The zero-order valence-corrected chi connectivity index (χ0v) is 33.1. The van der Waals surface area contributed by atoms with Crippen molar-refractivity contribution in [2.24, 2.45) is 0 Å². The number of carboxylic acids is 1. The molecule has 0 heterocycles. The summed E-state index contributed by atoms with van der Waals surface area (Å²) < 4.78 is 5.46. The first-order valence-electron chi connectivity index (χ1n) is 22.2. The molecule has 1 N–H and O–H groups in total. The number of unbranched alkanes of at least 4 members (excludes halogenated alkanes) is 34. The molecule has 4 heteroatoms. The lowest BCUT2D eigenvalue weighted by atomic mass is 10.0. The Labute approximate surface area is 306 Å². The zero-order valence-electron chi connectivity index (χ0n) is 33.1. The van der Waals surface area contributed by atoms with Gasteiger partial charge < -0.3 is 9.84 Å². The van der Waals surface area contributed by atoms with Gasteiger partial charge in [0.15, 0.2) is 0 Å². The van der Waals surface area contributed by atoms with E-state index in [1.54, 1.807) is 0 Å². The van der Waals surface area contributed by atoms with Crippen LogP contribution in [0.1, 0.15) is 257 Å². The minimum atomic E-state index is -0.656. The van der Waals surface area contributed by atoms with Gasteiger partial charge in [-0.2, -0.15) is 0 Å². The van der Waals surface area contributed by atoms with Crippen molar-refractivity contribution in [1.82, 2.24) is 0 Å². The van der Waals surface area contributed by atoms with E-state index in [0.29, 0.717) is 19.4 Å². The van der Waals surface area contributed by atoms with Gasteiger partial charge in [0.2, 0.25) is 0 Å². The first-order valence-corrected chi connectivity index (χ1v) is 22.2. The fraction of sp³-hybridized carbons (Fsp3) is 0.911. The number of hydrogen-bond donors (Lipinski definition) is 1. The van der Waals surface area contributed by atoms with Crippen LogP contribution in [-0.2, 0) is 14.3 Å². The van der Waals surface area contributed by atoms with Gasteiger partial charge in [-0.3, -0.25) is 9.59 Å². The third-order valence-corrected chi connectivity index (χ3v) is 10.2. The van der Waals surface area contributed by atoms with Crippen molar-refractivity contribution in [3.8, 4) is 0 Å². The summed E-state index contributed by atoms with van der Waals surface area (Å²) in [6.45, 7) is 2.89. The van der Waals surface area contributed by atoms with Gasteiger partial charge in [0.25, 0.3) is 0 Å². The second kappa shape index (κ2) is 42.8. The van der Waals surface area contributed by atoms with Crippen molar-refractivity contribution < 1.29 is 19.4 Å².